The van der Waals surface area contributed by atoms with Crippen LogP contribution >= 0.6 is 0 Å². The summed E-state index contributed by atoms with van der Waals surface area (Å²) in [5, 5.41) is 12.3. The molecule has 2 aromatic carbocycles. The van der Waals surface area contributed by atoms with E-state index >= 15 is 0 Å². The highest BCUT2D eigenvalue weighted by Crippen LogP contribution is 2.21. The first-order valence-corrected chi connectivity index (χ1v) is 6.94. The van der Waals surface area contributed by atoms with Crippen LogP contribution in [-0.2, 0) is 16.1 Å². The third kappa shape index (κ3) is 4.54. The number of phenols is 1. The van der Waals surface area contributed by atoms with E-state index in [1.54, 1.807) is 31.2 Å². The Balaban J connectivity index is 1.83. The van der Waals surface area contributed by atoms with E-state index < -0.39 is 18.5 Å². The van der Waals surface area contributed by atoms with Gasteiger partial charge in [-0.2, -0.15) is 0 Å². The molecule has 0 bridgehead atoms. The van der Waals surface area contributed by atoms with E-state index in [4.69, 9.17) is 4.74 Å². The zero-order valence-electron chi connectivity index (χ0n) is 12.5. The lowest BCUT2D eigenvalue weighted by atomic mass is 10.1. The molecule has 0 heterocycles. The summed E-state index contributed by atoms with van der Waals surface area (Å²) in [7, 11) is 0. The number of halogens is 1. The first-order chi connectivity index (χ1) is 11.0. The molecule has 0 fully saturated rings. The molecule has 1 amide bonds. The molecule has 2 aromatic rings. The van der Waals surface area contributed by atoms with Crippen LogP contribution in [0.25, 0.3) is 0 Å². The fraction of sp³-hybridized carbons (Fsp3) is 0.176. The molecule has 0 aromatic heterocycles. The van der Waals surface area contributed by atoms with Crippen molar-refractivity contribution in [1.29, 1.82) is 0 Å². The first-order valence-electron chi connectivity index (χ1n) is 6.94. The molecule has 23 heavy (non-hydrogen) atoms. The highest BCUT2D eigenvalue weighted by Gasteiger charge is 2.15. The van der Waals surface area contributed by atoms with Gasteiger partial charge in [-0.15, -0.1) is 0 Å². The second-order valence-electron chi connectivity index (χ2n) is 4.95. The van der Waals surface area contributed by atoms with Crippen molar-refractivity contribution in [2.75, 3.05) is 6.61 Å². The number of ether oxygens (including phenoxy) is 1. The van der Waals surface area contributed by atoms with Crippen molar-refractivity contribution in [3.63, 3.8) is 0 Å². The smallest absolute Gasteiger partial charge is 0.342 e. The number of para-hydroxylation sites is 1. The fourth-order valence-corrected chi connectivity index (χ4v) is 1.89. The number of aromatic hydroxyl groups is 1. The lowest BCUT2D eigenvalue weighted by Gasteiger charge is -2.08. The number of hydrogen-bond donors (Lipinski definition) is 2. The van der Waals surface area contributed by atoms with Crippen molar-refractivity contribution in [2.24, 2.45) is 0 Å². The summed E-state index contributed by atoms with van der Waals surface area (Å²) < 4.78 is 17.6. The van der Waals surface area contributed by atoms with Crippen molar-refractivity contribution in [3.8, 4) is 5.75 Å². The Kier molecular flexibility index (Phi) is 5.30. The van der Waals surface area contributed by atoms with Crippen molar-refractivity contribution in [3.05, 3.63) is 65.0 Å². The molecule has 120 valence electrons. The van der Waals surface area contributed by atoms with E-state index in [-0.39, 0.29) is 23.7 Å². The Morgan fingerprint density at radius 3 is 2.57 bits per heavy atom. The summed E-state index contributed by atoms with van der Waals surface area (Å²) in [6.07, 6.45) is 0. The van der Waals surface area contributed by atoms with E-state index in [2.05, 4.69) is 5.32 Å². The van der Waals surface area contributed by atoms with Gasteiger partial charge in [-0.05, 0) is 36.2 Å². The van der Waals surface area contributed by atoms with E-state index in [0.717, 1.165) is 5.56 Å². The predicted molar refractivity (Wildman–Crippen MR) is 81.4 cm³/mol. The van der Waals surface area contributed by atoms with Crippen LogP contribution in [0.5, 0.6) is 5.75 Å². The molecule has 0 spiro atoms. The second kappa shape index (κ2) is 7.40. The number of nitrogens with one attached hydrogen (secondary N) is 1. The Labute approximate surface area is 132 Å². The van der Waals surface area contributed by atoms with Crippen LogP contribution in [0.15, 0.2) is 42.5 Å². The SMILES string of the molecule is Cc1cccc(C(=O)OCC(=O)NCc2ccc(F)cc2)c1O. The summed E-state index contributed by atoms with van der Waals surface area (Å²) >= 11 is 0. The van der Waals surface area contributed by atoms with Crippen molar-refractivity contribution in [2.45, 2.75) is 13.5 Å². The molecule has 0 unspecified atom stereocenters. The average Bonchev–Trinajstić information content (AvgIpc) is 2.54. The Morgan fingerprint density at radius 2 is 1.87 bits per heavy atom. The number of aryl methyl sites for hydroxylation is 1. The molecule has 0 radical (unpaired) electrons. The van der Waals surface area contributed by atoms with Crippen LogP contribution < -0.4 is 5.32 Å². The molecular formula is C17H16FNO4. The summed E-state index contributed by atoms with van der Waals surface area (Å²) in [4.78, 5) is 23.5. The number of carbonyl (C=O) groups excluding carboxylic acids is 2. The molecule has 0 aliphatic rings. The van der Waals surface area contributed by atoms with Crippen LogP contribution in [0, 0.1) is 12.7 Å². The van der Waals surface area contributed by atoms with E-state index in [1.807, 2.05) is 0 Å². The van der Waals surface area contributed by atoms with Gasteiger partial charge in [0.25, 0.3) is 5.91 Å². The monoisotopic (exact) mass is 317 g/mol. The van der Waals surface area contributed by atoms with Gasteiger partial charge >= 0.3 is 5.97 Å². The summed E-state index contributed by atoms with van der Waals surface area (Å²) in [6, 6.07) is 10.4. The zero-order valence-corrected chi connectivity index (χ0v) is 12.5. The molecule has 6 heteroatoms. The van der Waals surface area contributed by atoms with Crippen LogP contribution in [0.1, 0.15) is 21.5 Å². The normalized spacial score (nSPS) is 10.2. The quantitative estimate of drug-likeness (QED) is 0.830. The fourth-order valence-electron chi connectivity index (χ4n) is 1.89. The molecule has 0 aliphatic heterocycles. The van der Waals surface area contributed by atoms with Gasteiger partial charge < -0.3 is 15.2 Å². The highest BCUT2D eigenvalue weighted by atomic mass is 19.1. The number of carbonyl (C=O) groups is 2. The number of esters is 1. The minimum Gasteiger partial charge on any atom is -0.507 e. The minimum absolute atomic E-state index is 0.0105. The van der Waals surface area contributed by atoms with Gasteiger partial charge in [0.2, 0.25) is 0 Å². The first kappa shape index (κ1) is 16.5. The largest absolute Gasteiger partial charge is 0.507 e. The van der Waals surface area contributed by atoms with Crippen molar-refractivity contribution >= 4 is 11.9 Å². The molecule has 0 saturated heterocycles. The number of rotatable bonds is 5. The predicted octanol–water partition coefficient (Wildman–Crippen LogP) is 2.31. The second-order valence-corrected chi connectivity index (χ2v) is 4.95. The van der Waals surface area contributed by atoms with E-state index in [1.165, 1.54) is 18.2 Å². The van der Waals surface area contributed by atoms with Gasteiger partial charge in [0.05, 0.1) is 0 Å². The summed E-state index contributed by atoms with van der Waals surface area (Å²) in [6.45, 7) is 1.39. The van der Waals surface area contributed by atoms with Crippen LogP contribution in [0.3, 0.4) is 0 Å². The Hall–Kier alpha value is -2.89. The summed E-state index contributed by atoms with van der Waals surface area (Å²) in [5.41, 5.74) is 1.28. The average molecular weight is 317 g/mol. The van der Waals surface area contributed by atoms with Crippen LogP contribution in [-0.4, -0.2) is 23.6 Å². The third-order valence-electron chi connectivity index (χ3n) is 3.19. The Bertz CT molecular complexity index is 713. The Morgan fingerprint density at radius 1 is 1.17 bits per heavy atom. The van der Waals surface area contributed by atoms with Gasteiger partial charge in [0, 0.05) is 6.54 Å². The van der Waals surface area contributed by atoms with E-state index in [9.17, 15) is 19.1 Å². The van der Waals surface area contributed by atoms with E-state index in [0.29, 0.717) is 5.56 Å². The zero-order chi connectivity index (χ0) is 16.8. The lowest BCUT2D eigenvalue weighted by molar-refractivity contribution is -0.124. The maximum absolute atomic E-state index is 12.8. The number of amides is 1. The topological polar surface area (TPSA) is 75.6 Å². The lowest BCUT2D eigenvalue weighted by Crippen LogP contribution is -2.28. The summed E-state index contributed by atoms with van der Waals surface area (Å²) in [5.74, 6) is -1.78. The minimum atomic E-state index is -0.775. The molecule has 0 atom stereocenters. The maximum atomic E-state index is 12.8. The van der Waals surface area contributed by atoms with Gasteiger partial charge in [-0.1, -0.05) is 24.3 Å². The van der Waals surface area contributed by atoms with Crippen LogP contribution in [0.4, 0.5) is 4.39 Å². The third-order valence-corrected chi connectivity index (χ3v) is 3.19. The molecule has 2 N–H and O–H groups in total. The molecular weight excluding hydrogens is 301 g/mol. The van der Waals surface area contributed by atoms with Gasteiger partial charge in [-0.3, -0.25) is 4.79 Å². The van der Waals surface area contributed by atoms with Gasteiger partial charge in [-0.25, -0.2) is 9.18 Å². The molecule has 5 nitrogen and oxygen atoms in total. The van der Waals surface area contributed by atoms with Crippen LogP contribution in [0.2, 0.25) is 0 Å². The highest BCUT2D eigenvalue weighted by molar-refractivity contribution is 5.94. The molecule has 0 aliphatic carbocycles. The van der Waals surface area contributed by atoms with Gasteiger partial charge in [0.1, 0.15) is 17.1 Å². The number of benzene rings is 2. The standard InChI is InChI=1S/C17H16FNO4/c1-11-3-2-4-14(16(11)21)17(22)23-10-15(20)19-9-12-5-7-13(18)8-6-12/h2-8,21H,9-10H2,1H3,(H,19,20). The molecule has 2 rings (SSSR count). The number of hydrogen-bond acceptors (Lipinski definition) is 4. The van der Waals surface area contributed by atoms with Crippen molar-refractivity contribution < 1.29 is 23.8 Å². The van der Waals surface area contributed by atoms with Gasteiger partial charge in [0.15, 0.2) is 6.61 Å². The maximum Gasteiger partial charge on any atom is 0.342 e. The van der Waals surface area contributed by atoms with Crippen molar-refractivity contribution in [1.82, 2.24) is 5.32 Å². The molecule has 0 saturated carbocycles. The number of phenolic OH excluding ortho intramolecular Hbond substituents is 1.